The summed E-state index contributed by atoms with van der Waals surface area (Å²) in [6.07, 6.45) is -3.34. The number of halogens is 4. The molecule has 0 saturated carbocycles. The Balaban J connectivity index is 1.81. The molecule has 3 aromatic carbocycles. The largest absolute Gasteiger partial charge is 0.417 e. The van der Waals surface area contributed by atoms with Gasteiger partial charge in [-0.3, -0.25) is 9.36 Å². The molecular weight excluding hydrogens is 565 g/mol. The number of para-hydroxylation sites is 1. The Morgan fingerprint density at radius 1 is 1.07 bits per heavy atom. The van der Waals surface area contributed by atoms with Crippen LogP contribution in [0.4, 0.5) is 19.0 Å². The van der Waals surface area contributed by atoms with E-state index in [4.69, 9.17) is 11.6 Å². The fourth-order valence-corrected chi connectivity index (χ4v) is 5.90. The van der Waals surface area contributed by atoms with Gasteiger partial charge in [-0.15, -0.1) is 0 Å². The third-order valence-corrected chi connectivity index (χ3v) is 7.98. The van der Waals surface area contributed by atoms with Gasteiger partial charge in [-0.2, -0.15) is 18.2 Å². The van der Waals surface area contributed by atoms with Crippen molar-refractivity contribution in [1.82, 2.24) is 14.5 Å². The Labute approximate surface area is 246 Å². The van der Waals surface area contributed by atoms with Crippen molar-refractivity contribution in [3.8, 4) is 16.8 Å². The molecule has 1 amide bonds. The van der Waals surface area contributed by atoms with Gasteiger partial charge < -0.3 is 9.80 Å². The number of amides is 1. The van der Waals surface area contributed by atoms with Gasteiger partial charge in [-0.05, 0) is 54.3 Å². The molecule has 1 fully saturated rings. The number of hydrogen-bond donors (Lipinski definition) is 0. The van der Waals surface area contributed by atoms with Crippen LogP contribution in [0.15, 0.2) is 78.1 Å². The van der Waals surface area contributed by atoms with Gasteiger partial charge in [0.15, 0.2) is 0 Å². The lowest BCUT2D eigenvalue weighted by Crippen LogP contribution is -2.54. The van der Waals surface area contributed by atoms with E-state index in [1.165, 1.54) is 28.8 Å². The first-order chi connectivity index (χ1) is 19.9. The molecule has 1 aliphatic rings. The van der Waals surface area contributed by atoms with E-state index < -0.39 is 17.4 Å². The number of nitrogens with zero attached hydrogens (tertiary/aromatic N) is 4. The highest BCUT2D eigenvalue weighted by Crippen LogP contribution is 2.42. The molecule has 0 spiro atoms. The molecule has 0 N–H and O–H groups in total. The zero-order valence-corrected chi connectivity index (χ0v) is 24.2. The van der Waals surface area contributed by atoms with Crippen LogP contribution in [-0.2, 0) is 11.0 Å². The fraction of sp³-hybridized carbons (Fsp3) is 0.281. The van der Waals surface area contributed by atoms with Gasteiger partial charge in [0.25, 0.3) is 0 Å². The average molecular weight is 595 g/mol. The Morgan fingerprint density at radius 2 is 1.76 bits per heavy atom. The van der Waals surface area contributed by atoms with E-state index >= 15 is 0 Å². The summed E-state index contributed by atoms with van der Waals surface area (Å²) in [7, 11) is 0. The third-order valence-electron chi connectivity index (χ3n) is 7.67. The first-order valence-electron chi connectivity index (χ1n) is 13.6. The van der Waals surface area contributed by atoms with Crippen molar-refractivity contribution in [3.63, 3.8) is 0 Å². The fourth-order valence-electron chi connectivity index (χ4n) is 5.63. The number of anilines is 1. The highest BCUT2D eigenvalue weighted by atomic mass is 35.5. The minimum absolute atomic E-state index is 0.0519. The summed E-state index contributed by atoms with van der Waals surface area (Å²) < 4.78 is 43.6. The molecule has 0 radical (unpaired) electrons. The van der Waals surface area contributed by atoms with Crippen molar-refractivity contribution < 1.29 is 18.0 Å². The Hall–Kier alpha value is -4.11. The van der Waals surface area contributed by atoms with Crippen LogP contribution in [-0.4, -0.2) is 46.0 Å². The molecule has 1 atom stereocenters. The number of benzene rings is 3. The first-order valence-corrected chi connectivity index (χ1v) is 14.0. The van der Waals surface area contributed by atoms with E-state index in [1.807, 2.05) is 37.8 Å². The van der Waals surface area contributed by atoms with Gasteiger partial charge in [0.2, 0.25) is 5.91 Å². The van der Waals surface area contributed by atoms with Gasteiger partial charge in [-0.25, -0.2) is 4.79 Å². The van der Waals surface area contributed by atoms with Crippen LogP contribution in [0.5, 0.6) is 0 Å². The van der Waals surface area contributed by atoms with Gasteiger partial charge in [0.1, 0.15) is 5.82 Å². The summed E-state index contributed by atoms with van der Waals surface area (Å²) in [5, 5.41) is 0.611. The lowest BCUT2D eigenvalue weighted by molar-refractivity contribution is -0.137. The van der Waals surface area contributed by atoms with E-state index in [0.717, 1.165) is 11.6 Å². The molecule has 1 saturated heterocycles. The molecule has 6 nitrogen and oxygen atoms in total. The van der Waals surface area contributed by atoms with Crippen molar-refractivity contribution in [2.75, 3.05) is 24.5 Å². The van der Waals surface area contributed by atoms with Crippen LogP contribution < -0.4 is 10.6 Å². The number of carbonyl (C=O) groups excluding carboxylic acids is 1. The van der Waals surface area contributed by atoms with E-state index in [0.29, 0.717) is 42.0 Å². The maximum Gasteiger partial charge on any atom is 0.417 e. The number of rotatable bonds is 5. The minimum atomic E-state index is -4.61. The van der Waals surface area contributed by atoms with Crippen LogP contribution in [0.1, 0.15) is 37.8 Å². The molecule has 1 aliphatic heterocycles. The SMILES string of the molecule is C=CC(=O)N1CCN(c2nc(=O)n(-c3ccccc3C(C)C)c3cc(-c4ccccc4C(F)(F)F)c(Cl)cc23)[C@@H](C)C1. The monoisotopic (exact) mass is 594 g/mol. The molecule has 42 heavy (non-hydrogen) atoms. The lowest BCUT2D eigenvalue weighted by atomic mass is 9.97. The topological polar surface area (TPSA) is 58.4 Å². The highest BCUT2D eigenvalue weighted by molar-refractivity contribution is 6.34. The van der Waals surface area contributed by atoms with Crippen LogP contribution in [0, 0.1) is 0 Å². The van der Waals surface area contributed by atoms with Crippen molar-refractivity contribution in [3.05, 3.63) is 100.0 Å². The molecule has 0 unspecified atom stereocenters. The molecule has 1 aromatic heterocycles. The predicted molar refractivity (Wildman–Crippen MR) is 160 cm³/mol. The average Bonchev–Trinajstić information content (AvgIpc) is 2.96. The normalized spacial score (nSPS) is 15.9. The van der Waals surface area contributed by atoms with Gasteiger partial charge in [-0.1, -0.05) is 68.4 Å². The third kappa shape index (κ3) is 5.29. The van der Waals surface area contributed by atoms with Crippen molar-refractivity contribution in [2.45, 2.75) is 38.9 Å². The minimum Gasteiger partial charge on any atom is -0.350 e. The Bertz CT molecular complexity index is 1750. The molecule has 4 aromatic rings. The smallest absolute Gasteiger partial charge is 0.350 e. The van der Waals surface area contributed by atoms with Crippen LogP contribution in [0.3, 0.4) is 0 Å². The van der Waals surface area contributed by atoms with Crippen LogP contribution in [0.2, 0.25) is 5.02 Å². The van der Waals surface area contributed by atoms with E-state index in [1.54, 1.807) is 29.2 Å². The standard InChI is InChI=1S/C32H30ClF3N4O2/c1-5-29(41)38-14-15-39(20(4)18-38)30-24-16-26(33)23(22-11-6-8-12-25(22)32(34,35)36)17-28(24)40(31(42)37-30)27-13-9-7-10-21(27)19(2)3/h5-13,16-17,19-20H,1,14-15,18H2,2-4H3/t20-/m0/s1. The Morgan fingerprint density at radius 3 is 2.43 bits per heavy atom. The van der Waals surface area contributed by atoms with E-state index in [9.17, 15) is 22.8 Å². The van der Waals surface area contributed by atoms with Crippen LogP contribution in [0.25, 0.3) is 27.7 Å². The number of alkyl halides is 3. The molecule has 218 valence electrons. The summed E-state index contributed by atoms with van der Waals surface area (Å²) >= 11 is 6.75. The number of aromatic nitrogens is 2. The second-order valence-electron chi connectivity index (χ2n) is 10.7. The summed E-state index contributed by atoms with van der Waals surface area (Å²) in [6.45, 7) is 10.7. The first kappa shape index (κ1) is 29.4. The van der Waals surface area contributed by atoms with Gasteiger partial charge >= 0.3 is 11.9 Å². The number of hydrogen-bond acceptors (Lipinski definition) is 4. The second-order valence-corrected chi connectivity index (χ2v) is 11.1. The lowest BCUT2D eigenvalue weighted by Gasteiger charge is -2.40. The Kier molecular flexibility index (Phi) is 7.90. The van der Waals surface area contributed by atoms with E-state index in [-0.39, 0.29) is 34.0 Å². The molecule has 2 heterocycles. The molecule has 0 bridgehead atoms. The number of fused-ring (bicyclic) bond motifs is 1. The van der Waals surface area contributed by atoms with Crippen molar-refractivity contribution >= 4 is 34.2 Å². The zero-order valence-electron chi connectivity index (χ0n) is 23.5. The highest BCUT2D eigenvalue weighted by Gasteiger charge is 2.34. The molecule has 5 rings (SSSR count). The molecule has 0 aliphatic carbocycles. The summed E-state index contributed by atoms with van der Waals surface area (Å²) in [4.78, 5) is 34.3. The van der Waals surface area contributed by atoms with Crippen LogP contribution >= 0.6 is 11.6 Å². The maximum absolute atomic E-state index is 14.0. The summed E-state index contributed by atoms with van der Waals surface area (Å²) in [6, 6.07) is 15.6. The summed E-state index contributed by atoms with van der Waals surface area (Å²) in [5.74, 6) is 0.233. The molecule has 10 heteroatoms. The number of carbonyl (C=O) groups is 1. The van der Waals surface area contributed by atoms with E-state index in [2.05, 4.69) is 11.6 Å². The van der Waals surface area contributed by atoms with Crippen molar-refractivity contribution in [2.24, 2.45) is 0 Å². The van der Waals surface area contributed by atoms with Gasteiger partial charge in [0, 0.05) is 41.6 Å². The van der Waals surface area contributed by atoms with Gasteiger partial charge in [0.05, 0.1) is 16.8 Å². The number of piperazine rings is 1. The van der Waals surface area contributed by atoms with Crippen molar-refractivity contribution in [1.29, 1.82) is 0 Å². The second kappa shape index (κ2) is 11.3. The molecular formula is C32H30ClF3N4O2. The predicted octanol–water partition coefficient (Wildman–Crippen LogP) is 7.07. The summed E-state index contributed by atoms with van der Waals surface area (Å²) in [5.41, 5.74) is 0.524. The maximum atomic E-state index is 14.0. The zero-order chi connectivity index (χ0) is 30.3. The quantitative estimate of drug-likeness (QED) is 0.232.